The summed E-state index contributed by atoms with van der Waals surface area (Å²) in [5.41, 5.74) is 7.03. The standard InChI is InChI=1S/C12H17F2N/c1-2-3-4-9-5-7-10(8-6-9)11(15)12(13)14/h5-8,11-12H,2-4,15H2,1H3. The first-order chi connectivity index (χ1) is 7.15. The van der Waals surface area contributed by atoms with Gasteiger partial charge in [0.1, 0.15) is 0 Å². The fourth-order valence-electron chi connectivity index (χ4n) is 1.43. The molecule has 15 heavy (non-hydrogen) atoms. The Bertz CT molecular complexity index is 282. The zero-order chi connectivity index (χ0) is 11.3. The van der Waals surface area contributed by atoms with Gasteiger partial charge in [0.15, 0.2) is 0 Å². The second kappa shape index (κ2) is 5.81. The Labute approximate surface area is 89.3 Å². The maximum Gasteiger partial charge on any atom is 0.257 e. The minimum absolute atomic E-state index is 0.505. The fourth-order valence-corrected chi connectivity index (χ4v) is 1.43. The van der Waals surface area contributed by atoms with Gasteiger partial charge in [0.2, 0.25) is 0 Å². The van der Waals surface area contributed by atoms with Gasteiger partial charge >= 0.3 is 0 Å². The molecule has 0 aromatic heterocycles. The summed E-state index contributed by atoms with van der Waals surface area (Å²) < 4.78 is 24.6. The first-order valence-electron chi connectivity index (χ1n) is 5.27. The summed E-state index contributed by atoms with van der Waals surface area (Å²) in [6.45, 7) is 2.13. The molecule has 1 atom stereocenters. The molecule has 0 heterocycles. The van der Waals surface area contributed by atoms with Crippen molar-refractivity contribution in [1.29, 1.82) is 0 Å². The molecule has 0 aliphatic carbocycles. The molecule has 2 N–H and O–H groups in total. The first-order valence-corrected chi connectivity index (χ1v) is 5.27. The van der Waals surface area contributed by atoms with Crippen molar-refractivity contribution in [3.63, 3.8) is 0 Å². The average molecular weight is 213 g/mol. The minimum Gasteiger partial charge on any atom is -0.319 e. The molecule has 1 rings (SSSR count). The molecule has 1 aromatic carbocycles. The van der Waals surface area contributed by atoms with E-state index in [2.05, 4.69) is 6.92 Å². The van der Waals surface area contributed by atoms with E-state index in [-0.39, 0.29) is 0 Å². The molecule has 0 saturated carbocycles. The Balaban J connectivity index is 2.63. The summed E-state index contributed by atoms with van der Waals surface area (Å²) in [6.07, 6.45) is 0.769. The van der Waals surface area contributed by atoms with Gasteiger partial charge in [-0.15, -0.1) is 0 Å². The number of alkyl halides is 2. The minimum atomic E-state index is -2.49. The lowest BCUT2D eigenvalue weighted by molar-refractivity contribution is 0.116. The van der Waals surface area contributed by atoms with Gasteiger partial charge in [0, 0.05) is 0 Å². The molecule has 0 radical (unpaired) electrons. The van der Waals surface area contributed by atoms with Crippen LogP contribution in [0.15, 0.2) is 24.3 Å². The third-order valence-electron chi connectivity index (χ3n) is 2.46. The van der Waals surface area contributed by atoms with E-state index in [1.165, 1.54) is 5.56 Å². The van der Waals surface area contributed by atoms with Crippen molar-refractivity contribution < 1.29 is 8.78 Å². The molecule has 1 nitrogen and oxygen atoms in total. The number of halogens is 2. The zero-order valence-corrected chi connectivity index (χ0v) is 8.92. The molecule has 1 unspecified atom stereocenters. The average Bonchev–Trinajstić information content (AvgIpc) is 2.26. The third kappa shape index (κ3) is 3.59. The Hall–Kier alpha value is -0.960. The van der Waals surface area contributed by atoms with Crippen LogP contribution in [0.5, 0.6) is 0 Å². The zero-order valence-electron chi connectivity index (χ0n) is 8.92. The predicted molar refractivity (Wildman–Crippen MR) is 58.0 cm³/mol. The SMILES string of the molecule is CCCCc1ccc(C(N)C(F)F)cc1. The van der Waals surface area contributed by atoms with E-state index in [4.69, 9.17) is 5.73 Å². The smallest absolute Gasteiger partial charge is 0.257 e. The van der Waals surface area contributed by atoms with Crippen molar-refractivity contribution in [3.05, 3.63) is 35.4 Å². The molecule has 0 aliphatic heterocycles. The van der Waals surface area contributed by atoms with Crippen LogP contribution in [-0.4, -0.2) is 6.43 Å². The maximum absolute atomic E-state index is 12.3. The molecule has 3 heteroatoms. The monoisotopic (exact) mass is 213 g/mol. The lowest BCUT2D eigenvalue weighted by Gasteiger charge is -2.11. The normalized spacial score (nSPS) is 13.1. The number of rotatable bonds is 5. The lowest BCUT2D eigenvalue weighted by atomic mass is 10.0. The van der Waals surface area contributed by atoms with Crippen molar-refractivity contribution in [2.75, 3.05) is 0 Å². The summed E-state index contributed by atoms with van der Waals surface area (Å²) in [5, 5.41) is 0. The first kappa shape index (κ1) is 12.1. The van der Waals surface area contributed by atoms with Crippen molar-refractivity contribution in [3.8, 4) is 0 Å². The molecular formula is C12H17F2N. The van der Waals surface area contributed by atoms with Crippen molar-refractivity contribution >= 4 is 0 Å². The van der Waals surface area contributed by atoms with Gasteiger partial charge in [0.25, 0.3) is 6.43 Å². The van der Waals surface area contributed by atoms with E-state index >= 15 is 0 Å². The summed E-state index contributed by atoms with van der Waals surface area (Å²) in [4.78, 5) is 0. The molecule has 84 valence electrons. The summed E-state index contributed by atoms with van der Waals surface area (Å²) in [5.74, 6) is 0. The van der Waals surface area contributed by atoms with Gasteiger partial charge in [-0.3, -0.25) is 0 Å². The third-order valence-corrected chi connectivity index (χ3v) is 2.46. The van der Waals surface area contributed by atoms with Gasteiger partial charge in [-0.1, -0.05) is 37.6 Å². The molecule has 0 spiro atoms. The molecule has 1 aromatic rings. The van der Waals surface area contributed by atoms with E-state index in [0.717, 1.165) is 19.3 Å². The molecule has 0 bridgehead atoms. The molecule has 0 amide bonds. The Morgan fingerprint density at radius 2 is 1.80 bits per heavy atom. The topological polar surface area (TPSA) is 26.0 Å². The van der Waals surface area contributed by atoms with E-state index in [1.54, 1.807) is 12.1 Å². The summed E-state index contributed by atoms with van der Waals surface area (Å²) in [6, 6.07) is 6.00. The van der Waals surface area contributed by atoms with Gasteiger partial charge in [-0.05, 0) is 24.0 Å². The summed E-state index contributed by atoms with van der Waals surface area (Å²) in [7, 11) is 0. The highest BCUT2D eigenvalue weighted by molar-refractivity contribution is 5.25. The number of hydrogen-bond donors (Lipinski definition) is 1. The van der Waals surface area contributed by atoms with Crippen LogP contribution in [-0.2, 0) is 6.42 Å². The highest BCUT2D eigenvalue weighted by atomic mass is 19.3. The number of unbranched alkanes of at least 4 members (excludes halogenated alkanes) is 1. The quantitative estimate of drug-likeness (QED) is 0.798. The highest BCUT2D eigenvalue weighted by Gasteiger charge is 2.16. The van der Waals surface area contributed by atoms with Crippen LogP contribution in [0.2, 0.25) is 0 Å². The Morgan fingerprint density at radius 3 is 2.27 bits per heavy atom. The number of aryl methyl sites for hydroxylation is 1. The van der Waals surface area contributed by atoms with Crippen LogP contribution in [0, 0.1) is 0 Å². The van der Waals surface area contributed by atoms with Crippen LogP contribution < -0.4 is 5.73 Å². The number of hydrogen-bond acceptors (Lipinski definition) is 1. The fraction of sp³-hybridized carbons (Fsp3) is 0.500. The van der Waals surface area contributed by atoms with Crippen LogP contribution >= 0.6 is 0 Å². The van der Waals surface area contributed by atoms with Gasteiger partial charge < -0.3 is 5.73 Å². The van der Waals surface area contributed by atoms with E-state index < -0.39 is 12.5 Å². The second-order valence-electron chi connectivity index (χ2n) is 3.71. The molecule has 0 aliphatic rings. The van der Waals surface area contributed by atoms with Crippen molar-refractivity contribution in [1.82, 2.24) is 0 Å². The largest absolute Gasteiger partial charge is 0.319 e. The molecular weight excluding hydrogens is 196 g/mol. The van der Waals surface area contributed by atoms with Crippen LogP contribution in [0.3, 0.4) is 0 Å². The van der Waals surface area contributed by atoms with Crippen molar-refractivity contribution in [2.45, 2.75) is 38.7 Å². The second-order valence-corrected chi connectivity index (χ2v) is 3.71. The van der Waals surface area contributed by atoms with Gasteiger partial charge in [-0.2, -0.15) is 0 Å². The van der Waals surface area contributed by atoms with E-state index in [1.807, 2.05) is 12.1 Å². The van der Waals surface area contributed by atoms with Crippen molar-refractivity contribution in [2.24, 2.45) is 5.73 Å². The number of nitrogens with two attached hydrogens (primary N) is 1. The van der Waals surface area contributed by atoms with E-state index in [0.29, 0.717) is 5.56 Å². The predicted octanol–water partition coefficient (Wildman–Crippen LogP) is 3.29. The van der Waals surface area contributed by atoms with Crippen LogP contribution in [0.25, 0.3) is 0 Å². The lowest BCUT2D eigenvalue weighted by Crippen LogP contribution is -2.18. The Kier molecular flexibility index (Phi) is 4.69. The van der Waals surface area contributed by atoms with Crippen LogP contribution in [0.1, 0.15) is 36.9 Å². The van der Waals surface area contributed by atoms with Crippen LogP contribution in [0.4, 0.5) is 8.78 Å². The number of benzene rings is 1. The van der Waals surface area contributed by atoms with E-state index in [9.17, 15) is 8.78 Å². The summed E-state index contributed by atoms with van der Waals surface area (Å²) >= 11 is 0. The molecule has 0 fully saturated rings. The van der Waals surface area contributed by atoms with Gasteiger partial charge in [0.05, 0.1) is 6.04 Å². The highest BCUT2D eigenvalue weighted by Crippen LogP contribution is 2.18. The van der Waals surface area contributed by atoms with Gasteiger partial charge in [-0.25, -0.2) is 8.78 Å². The Morgan fingerprint density at radius 1 is 1.20 bits per heavy atom. The maximum atomic E-state index is 12.3. The molecule has 0 saturated heterocycles.